The highest BCUT2D eigenvalue weighted by Gasteiger charge is 2.31. The maximum Gasteiger partial charge on any atom is 0.306 e. The second kappa shape index (κ2) is 8.53. The van der Waals surface area contributed by atoms with Crippen molar-refractivity contribution in [2.24, 2.45) is 11.8 Å². The van der Waals surface area contributed by atoms with E-state index in [1.165, 1.54) is 0 Å². The van der Waals surface area contributed by atoms with Crippen molar-refractivity contribution in [3.63, 3.8) is 0 Å². The van der Waals surface area contributed by atoms with Crippen molar-refractivity contribution in [2.75, 3.05) is 15.8 Å². The zero-order valence-electron chi connectivity index (χ0n) is 15.1. The first-order valence-electron chi connectivity index (χ1n) is 8.87. The van der Waals surface area contributed by atoms with Gasteiger partial charge in [-0.3, -0.25) is 14.3 Å². The Balaban J connectivity index is 2.11. The lowest BCUT2D eigenvalue weighted by molar-refractivity contribution is -0.143. The monoisotopic (exact) mass is 382 g/mol. The van der Waals surface area contributed by atoms with Gasteiger partial charge in [0.2, 0.25) is 15.9 Å². The Morgan fingerprint density at radius 2 is 1.85 bits per heavy atom. The molecule has 0 heterocycles. The Labute approximate surface area is 154 Å². The smallest absolute Gasteiger partial charge is 0.306 e. The highest BCUT2D eigenvalue weighted by molar-refractivity contribution is 7.92. The zero-order valence-corrected chi connectivity index (χ0v) is 15.9. The molecule has 0 aromatic heterocycles. The summed E-state index contributed by atoms with van der Waals surface area (Å²) in [6, 6.07) is 5.04. The number of sulfonamides is 1. The first kappa shape index (κ1) is 20.2. The number of carboxylic acid groups (broad SMARTS) is 1. The van der Waals surface area contributed by atoms with Gasteiger partial charge in [-0.15, -0.1) is 0 Å². The largest absolute Gasteiger partial charge is 0.481 e. The average Bonchev–Trinajstić information content (AvgIpc) is 2.58. The van der Waals surface area contributed by atoms with Crippen molar-refractivity contribution in [3.8, 4) is 0 Å². The third-order valence-corrected chi connectivity index (χ3v) is 6.20. The highest BCUT2D eigenvalue weighted by atomic mass is 32.2. The van der Waals surface area contributed by atoms with Gasteiger partial charge in [0.25, 0.3) is 0 Å². The second-order valence-corrected chi connectivity index (χ2v) is 8.63. The number of carboxylic acids is 1. The van der Waals surface area contributed by atoms with Gasteiger partial charge in [0.15, 0.2) is 0 Å². The summed E-state index contributed by atoms with van der Waals surface area (Å²) < 4.78 is 26.5. The van der Waals surface area contributed by atoms with Crippen LogP contribution in [0.5, 0.6) is 0 Å². The van der Waals surface area contributed by atoms with E-state index in [-0.39, 0.29) is 17.6 Å². The maximum atomic E-state index is 12.5. The van der Waals surface area contributed by atoms with Crippen LogP contribution in [0.1, 0.15) is 44.6 Å². The number of hydrogen-bond donors (Lipinski definition) is 3. The molecular formula is C18H26N2O5S. The Morgan fingerprint density at radius 3 is 2.50 bits per heavy atom. The van der Waals surface area contributed by atoms with Gasteiger partial charge >= 0.3 is 5.97 Å². The fourth-order valence-electron chi connectivity index (χ4n) is 3.26. The molecule has 1 aliphatic carbocycles. The van der Waals surface area contributed by atoms with E-state index in [1.54, 1.807) is 32.0 Å². The molecule has 1 aliphatic rings. The van der Waals surface area contributed by atoms with Crippen molar-refractivity contribution >= 4 is 33.3 Å². The molecular weight excluding hydrogens is 356 g/mol. The number of amides is 1. The molecule has 2 atom stereocenters. The number of rotatable bonds is 7. The second-order valence-electron chi connectivity index (χ2n) is 6.79. The zero-order chi connectivity index (χ0) is 19.3. The lowest BCUT2D eigenvalue weighted by Crippen LogP contribution is -2.31. The Kier molecular flexibility index (Phi) is 6.63. The molecule has 0 radical (unpaired) electrons. The molecule has 1 saturated carbocycles. The van der Waals surface area contributed by atoms with E-state index in [4.69, 9.17) is 5.11 Å². The van der Waals surface area contributed by atoms with Crippen molar-refractivity contribution in [3.05, 3.63) is 23.8 Å². The third kappa shape index (κ3) is 5.20. The minimum atomic E-state index is -3.42. The number of anilines is 2. The van der Waals surface area contributed by atoms with Gasteiger partial charge in [-0.05, 0) is 50.3 Å². The molecule has 1 fully saturated rings. The van der Waals surface area contributed by atoms with Gasteiger partial charge in [0, 0.05) is 11.6 Å². The normalized spacial score (nSPS) is 20.4. The topological polar surface area (TPSA) is 113 Å². The van der Waals surface area contributed by atoms with Crippen LogP contribution in [-0.4, -0.2) is 31.2 Å². The van der Waals surface area contributed by atoms with Crippen LogP contribution >= 0.6 is 0 Å². The lowest BCUT2D eigenvalue weighted by atomic mass is 9.81. The number of carbonyl (C=O) groups is 2. The fourth-order valence-corrected chi connectivity index (χ4v) is 4.45. The third-order valence-electron chi connectivity index (χ3n) is 4.72. The van der Waals surface area contributed by atoms with Crippen LogP contribution < -0.4 is 10.0 Å². The summed E-state index contributed by atoms with van der Waals surface area (Å²) in [5, 5.41) is 12.0. The van der Waals surface area contributed by atoms with E-state index in [1.807, 2.05) is 0 Å². The van der Waals surface area contributed by atoms with E-state index < -0.39 is 21.9 Å². The summed E-state index contributed by atoms with van der Waals surface area (Å²) in [7, 11) is -3.42. The number of hydrogen-bond acceptors (Lipinski definition) is 4. The minimum absolute atomic E-state index is 0.0294. The van der Waals surface area contributed by atoms with E-state index in [0.717, 1.165) is 0 Å². The van der Waals surface area contributed by atoms with E-state index >= 15 is 0 Å². The Bertz CT molecular complexity index is 776. The van der Waals surface area contributed by atoms with Gasteiger partial charge in [-0.1, -0.05) is 19.4 Å². The molecule has 8 heteroatoms. The number of nitrogens with one attached hydrogen (secondary N) is 2. The molecule has 0 spiro atoms. The van der Waals surface area contributed by atoms with Crippen molar-refractivity contribution in [2.45, 2.75) is 46.0 Å². The highest BCUT2D eigenvalue weighted by Crippen LogP contribution is 2.31. The standard InChI is InChI=1S/C18H26N2O5S/c1-3-10-26(24,25)20-16-9-5-8-15(12(16)2)19-17(21)13-6-4-7-14(11-13)18(22)23/h5,8-9,13-14,20H,3-4,6-7,10-11H2,1-2H3,(H,19,21)(H,22,23). The SMILES string of the molecule is CCCS(=O)(=O)Nc1cccc(NC(=O)C2CCCC(C(=O)O)C2)c1C. The molecule has 1 amide bonds. The predicted molar refractivity (Wildman–Crippen MR) is 101 cm³/mol. The Morgan fingerprint density at radius 1 is 1.19 bits per heavy atom. The van der Waals surface area contributed by atoms with E-state index in [2.05, 4.69) is 10.0 Å². The molecule has 3 N–H and O–H groups in total. The summed E-state index contributed by atoms with van der Waals surface area (Å²) in [6.07, 6.45) is 2.83. The molecule has 2 unspecified atom stereocenters. The lowest BCUT2D eigenvalue weighted by Gasteiger charge is -2.26. The molecule has 7 nitrogen and oxygen atoms in total. The number of carbonyl (C=O) groups excluding carboxylic acids is 1. The van der Waals surface area contributed by atoms with Crippen molar-refractivity contribution in [1.82, 2.24) is 0 Å². The van der Waals surface area contributed by atoms with Gasteiger partial charge < -0.3 is 10.4 Å². The van der Waals surface area contributed by atoms with Crippen LogP contribution in [0.25, 0.3) is 0 Å². The van der Waals surface area contributed by atoms with E-state index in [0.29, 0.717) is 49.0 Å². The van der Waals surface area contributed by atoms with Gasteiger partial charge in [0.1, 0.15) is 0 Å². The summed E-state index contributed by atoms with van der Waals surface area (Å²) >= 11 is 0. The van der Waals surface area contributed by atoms with Crippen LogP contribution in [0.4, 0.5) is 11.4 Å². The molecule has 2 rings (SSSR count). The van der Waals surface area contributed by atoms with Crippen LogP contribution in [0, 0.1) is 18.8 Å². The summed E-state index contributed by atoms with van der Waals surface area (Å²) in [5.74, 6) is -1.86. The minimum Gasteiger partial charge on any atom is -0.481 e. The van der Waals surface area contributed by atoms with Gasteiger partial charge in [-0.25, -0.2) is 8.42 Å². The van der Waals surface area contributed by atoms with E-state index in [9.17, 15) is 18.0 Å². The molecule has 0 saturated heterocycles. The van der Waals surface area contributed by atoms with Gasteiger partial charge in [-0.2, -0.15) is 0 Å². The number of benzene rings is 1. The van der Waals surface area contributed by atoms with Crippen molar-refractivity contribution < 1.29 is 23.1 Å². The average molecular weight is 382 g/mol. The van der Waals surface area contributed by atoms with Crippen molar-refractivity contribution in [1.29, 1.82) is 0 Å². The van der Waals surface area contributed by atoms with Crippen LogP contribution in [0.2, 0.25) is 0 Å². The first-order valence-corrected chi connectivity index (χ1v) is 10.5. The molecule has 0 bridgehead atoms. The van der Waals surface area contributed by atoms with Gasteiger partial charge in [0.05, 0.1) is 17.4 Å². The molecule has 0 aliphatic heterocycles. The molecule has 144 valence electrons. The summed E-state index contributed by atoms with van der Waals surface area (Å²) in [4.78, 5) is 23.7. The number of aliphatic carboxylic acids is 1. The molecule has 26 heavy (non-hydrogen) atoms. The van der Waals surface area contributed by atoms with Crippen LogP contribution in [0.3, 0.4) is 0 Å². The Hall–Kier alpha value is -2.09. The fraction of sp³-hybridized carbons (Fsp3) is 0.556. The first-order chi connectivity index (χ1) is 12.2. The predicted octanol–water partition coefficient (Wildman–Crippen LogP) is 2.98. The van der Waals surface area contributed by atoms with Crippen LogP contribution in [0.15, 0.2) is 18.2 Å². The quantitative estimate of drug-likeness (QED) is 0.671. The summed E-state index contributed by atoms with van der Waals surface area (Å²) in [5.41, 5.74) is 1.60. The summed E-state index contributed by atoms with van der Waals surface area (Å²) in [6.45, 7) is 3.53. The maximum absolute atomic E-state index is 12.5. The molecule has 1 aromatic rings. The molecule has 1 aromatic carbocycles. The van der Waals surface area contributed by atoms with Crippen LogP contribution in [-0.2, 0) is 19.6 Å².